The fourth-order valence-electron chi connectivity index (χ4n) is 2.19. The van der Waals surface area contributed by atoms with Crippen LogP contribution in [0.15, 0.2) is 51.7 Å². The highest BCUT2D eigenvalue weighted by Crippen LogP contribution is 2.21. The van der Waals surface area contributed by atoms with Crippen molar-refractivity contribution < 1.29 is 9.21 Å². The smallest absolute Gasteiger partial charge is 0.408 e. The number of aromatic amines is 1. The topological polar surface area (TPSA) is 75.1 Å². The van der Waals surface area contributed by atoms with Gasteiger partial charge in [-0.1, -0.05) is 29.8 Å². The summed E-state index contributed by atoms with van der Waals surface area (Å²) in [7, 11) is 0. The van der Waals surface area contributed by atoms with Crippen molar-refractivity contribution in [2.45, 2.75) is 12.8 Å². The molecule has 0 saturated carbocycles. The lowest BCUT2D eigenvalue weighted by molar-refractivity contribution is -0.116. The van der Waals surface area contributed by atoms with Gasteiger partial charge in [0.2, 0.25) is 5.91 Å². The molecule has 0 aliphatic carbocycles. The monoisotopic (exact) mass is 316 g/mol. The summed E-state index contributed by atoms with van der Waals surface area (Å²) >= 11 is 5.99. The van der Waals surface area contributed by atoms with E-state index in [9.17, 15) is 9.59 Å². The first-order valence-corrected chi connectivity index (χ1v) is 7.16. The lowest BCUT2D eigenvalue weighted by atomic mass is 10.1. The summed E-state index contributed by atoms with van der Waals surface area (Å²) in [4.78, 5) is 25.7. The molecule has 1 heterocycles. The van der Waals surface area contributed by atoms with Gasteiger partial charge in [0.15, 0.2) is 5.58 Å². The number of hydrogen-bond donors (Lipinski definition) is 2. The van der Waals surface area contributed by atoms with Gasteiger partial charge < -0.3 is 9.73 Å². The van der Waals surface area contributed by atoms with Crippen molar-refractivity contribution in [3.63, 3.8) is 0 Å². The van der Waals surface area contributed by atoms with E-state index in [1.54, 1.807) is 24.3 Å². The number of halogens is 1. The molecule has 0 fully saturated rings. The van der Waals surface area contributed by atoms with E-state index in [-0.39, 0.29) is 5.91 Å². The van der Waals surface area contributed by atoms with Crippen LogP contribution in [-0.4, -0.2) is 10.9 Å². The predicted molar refractivity (Wildman–Crippen MR) is 85.2 cm³/mol. The van der Waals surface area contributed by atoms with E-state index in [4.69, 9.17) is 16.0 Å². The summed E-state index contributed by atoms with van der Waals surface area (Å²) in [5.74, 6) is -0.600. The number of carbonyl (C=O) groups is 1. The Balaban J connectivity index is 1.64. The molecule has 5 nitrogen and oxygen atoms in total. The molecule has 0 atom stereocenters. The van der Waals surface area contributed by atoms with Crippen molar-refractivity contribution in [3.8, 4) is 0 Å². The van der Waals surface area contributed by atoms with Crippen LogP contribution in [0.4, 0.5) is 5.69 Å². The van der Waals surface area contributed by atoms with Gasteiger partial charge in [-0.05, 0) is 36.2 Å². The molecule has 0 unspecified atom stereocenters. The molecule has 0 spiro atoms. The second-order valence-corrected chi connectivity index (χ2v) is 5.28. The first-order valence-electron chi connectivity index (χ1n) is 6.78. The Labute approximate surface area is 130 Å². The van der Waals surface area contributed by atoms with Crippen molar-refractivity contribution in [3.05, 3.63) is 63.6 Å². The number of rotatable bonds is 4. The van der Waals surface area contributed by atoms with E-state index in [2.05, 4.69) is 10.3 Å². The first kappa shape index (κ1) is 14.4. The minimum absolute atomic E-state index is 0.117. The van der Waals surface area contributed by atoms with Crippen molar-refractivity contribution in [1.82, 2.24) is 4.98 Å². The molecule has 2 aromatic carbocycles. The maximum Gasteiger partial charge on any atom is 0.417 e. The first-order chi connectivity index (χ1) is 10.6. The summed E-state index contributed by atoms with van der Waals surface area (Å²) in [6, 6.07) is 12.5. The number of aryl methyl sites for hydroxylation is 1. The number of hydrogen-bond acceptors (Lipinski definition) is 3. The van der Waals surface area contributed by atoms with Gasteiger partial charge in [0, 0.05) is 6.42 Å². The van der Waals surface area contributed by atoms with E-state index in [1.165, 1.54) is 0 Å². The van der Waals surface area contributed by atoms with Crippen molar-refractivity contribution >= 4 is 34.3 Å². The molecule has 6 heteroatoms. The van der Waals surface area contributed by atoms with Gasteiger partial charge in [0.25, 0.3) is 0 Å². The number of amides is 1. The van der Waals surface area contributed by atoms with Crippen LogP contribution in [0.25, 0.3) is 11.1 Å². The second-order valence-electron chi connectivity index (χ2n) is 4.87. The summed E-state index contributed by atoms with van der Waals surface area (Å²) in [6.45, 7) is 0. The predicted octanol–water partition coefficient (Wildman–Crippen LogP) is 3.35. The maximum absolute atomic E-state index is 12.0. The van der Waals surface area contributed by atoms with Crippen molar-refractivity contribution in [1.29, 1.82) is 0 Å². The molecule has 0 aliphatic heterocycles. The van der Waals surface area contributed by atoms with Gasteiger partial charge in [-0.2, -0.15) is 0 Å². The van der Waals surface area contributed by atoms with Crippen molar-refractivity contribution in [2.75, 3.05) is 5.32 Å². The number of carbonyl (C=O) groups excluding carboxylic acids is 1. The zero-order valence-corrected chi connectivity index (χ0v) is 12.3. The fraction of sp³-hybridized carbons (Fsp3) is 0.125. The molecule has 1 aromatic heterocycles. The summed E-state index contributed by atoms with van der Waals surface area (Å²) < 4.78 is 4.94. The Morgan fingerprint density at radius 2 is 2.05 bits per heavy atom. The Morgan fingerprint density at radius 1 is 1.23 bits per heavy atom. The summed E-state index contributed by atoms with van der Waals surface area (Å²) in [6.07, 6.45) is 0.873. The molecule has 0 aliphatic rings. The molecule has 3 aromatic rings. The summed E-state index contributed by atoms with van der Waals surface area (Å²) in [5.41, 5.74) is 2.69. The SMILES string of the molecule is O=C(CCc1ccc2oc(=O)[nH]c2c1)Nc1ccccc1Cl. The zero-order valence-electron chi connectivity index (χ0n) is 11.6. The van der Waals surface area contributed by atoms with E-state index in [0.717, 1.165) is 5.56 Å². The number of anilines is 1. The molecule has 2 N–H and O–H groups in total. The average Bonchev–Trinajstić information content (AvgIpc) is 2.87. The number of benzene rings is 2. The van der Waals surface area contributed by atoms with Gasteiger partial charge >= 0.3 is 5.76 Å². The minimum Gasteiger partial charge on any atom is -0.408 e. The number of oxazole rings is 1. The molecular weight excluding hydrogens is 304 g/mol. The fourth-order valence-corrected chi connectivity index (χ4v) is 2.37. The molecule has 0 bridgehead atoms. The van der Waals surface area contributed by atoms with Crippen LogP contribution in [0.3, 0.4) is 0 Å². The molecule has 22 heavy (non-hydrogen) atoms. The highest BCUT2D eigenvalue weighted by atomic mass is 35.5. The molecule has 1 amide bonds. The van der Waals surface area contributed by atoms with Crippen LogP contribution in [0, 0.1) is 0 Å². The minimum atomic E-state index is -0.483. The highest BCUT2D eigenvalue weighted by Gasteiger charge is 2.07. The van der Waals surface area contributed by atoms with Crippen LogP contribution in [0.1, 0.15) is 12.0 Å². The van der Waals surface area contributed by atoms with E-state index >= 15 is 0 Å². The van der Waals surface area contributed by atoms with Crippen LogP contribution in [-0.2, 0) is 11.2 Å². The molecular formula is C16H13ClN2O3. The molecule has 0 saturated heterocycles. The number of nitrogens with one attached hydrogen (secondary N) is 2. The van der Waals surface area contributed by atoms with Crippen LogP contribution < -0.4 is 11.1 Å². The van der Waals surface area contributed by atoms with Gasteiger partial charge in [0.05, 0.1) is 16.2 Å². The molecule has 3 rings (SSSR count). The Bertz CT molecular complexity index is 882. The number of para-hydroxylation sites is 1. The van der Waals surface area contributed by atoms with Gasteiger partial charge in [0.1, 0.15) is 0 Å². The third-order valence-corrected chi connectivity index (χ3v) is 3.60. The zero-order chi connectivity index (χ0) is 15.5. The standard InChI is InChI=1S/C16H13ClN2O3/c17-11-3-1-2-4-12(11)18-15(20)8-6-10-5-7-14-13(9-10)19-16(21)22-14/h1-5,7,9H,6,8H2,(H,18,20)(H,19,21). The third-order valence-electron chi connectivity index (χ3n) is 3.27. The van der Waals surface area contributed by atoms with Gasteiger partial charge in [-0.15, -0.1) is 0 Å². The molecule has 0 radical (unpaired) electrons. The molecule has 112 valence electrons. The van der Waals surface area contributed by atoms with E-state index in [0.29, 0.717) is 34.7 Å². The third kappa shape index (κ3) is 3.20. The van der Waals surface area contributed by atoms with Crippen LogP contribution in [0.5, 0.6) is 0 Å². The summed E-state index contributed by atoms with van der Waals surface area (Å²) in [5, 5.41) is 3.28. The van der Waals surface area contributed by atoms with Crippen LogP contribution in [0.2, 0.25) is 5.02 Å². The number of fused-ring (bicyclic) bond motifs is 1. The van der Waals surface area contributed by atoms with E-state index in [1.807, 2.05) is 18.2 Å². The van der Waals surface area contributed by atoms with Crippen LogP contribution >= 0.6 is 11.6 Å². The Kier molecular flexibility index (Phi) is 3.98. The highest BCUT2D eigenvalue weighted by molar-refractivity contribution is 6.33. The van der Waals surface area contributed by atoms with E-state index < -0.39 is 5.76 Å². The lowest BCUT2D eigenvalue weighted by Crippen LogP contribution is -2.12. The number of aromatic nitrogens is 1. The quantitative estimate of drug-likeness (QED) is 0.775. The normalized spacial score (nSPS) is 10.8. The number of H-pyrrole nitrogens is 1. The maximum atomic E-state index is 12.0. The Morgan fingerprint density at radius 3 is 2.86 bits per heavy atom. The Hall–Kier alpha value is -2.53. The largest absolute Gasteiger partial charge is 0.417 e. The lowest BCUT2D eigenvalue weighted by Gasteiger charge is -2.07. The van der Waals surface area contributed by atoms with Gasteiger partial charge in [-0.25, -0.2) is 4.79 Å². The van der Waals surface area contributed by atoms with Gasteiger partial charge in [-0.3, -0.25) is 9.78 Å². The average molecular weight is 317 g/mol. The second kappa shape index (κ2) is 6.07. The van der Waals surface area contributed by atoms with Crippen molar-refractivity contribution in [2.24, 2.45) is 0 Å².